The molecule has 0 saturated heterocycles. The molecule has 0 aliphatic carbocycles. The van der Waals surface area contributed by atoms with Crippen molar-refractivity contribution in [2.45, 2.75) is 6.92 Å². The zero-order chi connectivity index (χ0) is 11.4. The lowest BCUT2D eigenvalue weighted by Crippen LogP contribution is -1.99. The van der Waals surface area contributed by atoms with E-state index in [4.69, 9.17) is 4.74 Å². The van der Waals surface area contributed by atoms with Crippen LogP contribution in [0.15, 0.2) is 29.6 Å². The minimum absolute atomic E-state index is 0.359. The van der Waals surface area contributed by atoms with Gasteiger partial charge in [0.15, 0.2) is 0 Å². The minimum Gasteiger partial charge on any atom is -0.456 e. The Morgan fingerprint density at radius 1 is 1.44 bits per heavy atom. The van der Waals surface area contributed by atoms with E-state index >= 15 is 0 Å². The van der Waals surface area contributed by atoms with Gasteiger partial charge in [0.1, 0.15) is 0 Å². The molecule has 2 rings (SSSR count). The van der Waals surface area contributed by atoms with Gasteiger partial charge >= 0.3 is 5.97 Å². The van der Waals surface area contributed by atoms with E-state index in [0.29, 0.717) is 6.61 Å². The second-order valence-corrected chi connectivity index (χ2v) is 4.09. The van der Waals surface area contributed by atoms with Crippen molar-refractivity contribution in [2.75, 3.05) is 6.61 Å². The van der Waals surface area contributed by atoms with E-state index in [0.717, 1.165) is 5.56 Å². The molecular weight excluding hydrogens is 220 g/mol. The number of rotatable bonds is 1. The van der Waals surface area contributed by atoms with E-state index in [1.165, 1.54) is 10.1 Å². The van der Waals surface area contributed by atoms with Crippen LogP contribution in [0.5, 0.6) is 0 Å². The highest BCUT2D eigenvalue weighted by atomic mass is 32.1. The quantitative estimate of drug-likeness (QED) is 0.556. The van der Waals surface area contributed by atoms with Gasteiger partial charge in [-0.25, -0.2) is 4.79 Å². The van der Waals surface area contributed by atoms with Crippen molar-refractivity contribution in [3.05, 3.63) is 35.2 Å². The van der Waals surface area contributed by atoms with Crippen LogP contribution in [0.4, 0.5) is 0 Å². The maximum Gasteiger partial charge on any atom is 0.384 e. The topological polar surface area (TPSA) is 26.3 Å². The van der Waals surface area contributed by atoms with Crippen LogP contribution in [0.25, 0.3) is 10.1 Å². The molecule has 2 aromatic rings. The first-order valence-electron chi connectivity index (χ1n) is 4.95. The number of esters is 1. The summed E-state index contributed by atoms with van der Waals surface area (Å²) in [5.74, 6) is 4.77. The van der Waals surface area contributed by atoms with E-state index in [2.05, 4.69) is 17.9 Å². The van der Waals surface area contributed by atoms with Gasteiger partial charge in [0.2, 0.25) is 0 Å². The van der Waals surface area contributed by atoms with E-state index < -0.39 is 5.97 Å². The van der Waals surface area contributed by atoms with E-state index in [1.807, 2.05) is 23.6 Å². The highest BCUT2D eigenvalue weighted by Gasteiger charge is 1.96. The molecule has 0 unspecified atom stereocenters. The molecule has 3 heteroatoms. The van der Waals surface area contributed by atoms with Gasteiger partial charge in [-0.05, 0) is 35.9 Å². The zero-order valence-electron chi connectivity index (χ0n) is 8.82. The summed E-state index contributed by atoms with van der Waals surface area (Å²) in [5.41, 5.74) is 0.836. The SMILES string of the molecule is CCOC(=O)C#Cc1ccc2ccsc2c1. The standard InChI is InChI=1S/C13H10O2S/c1-2-15-13(14)6-4-10-3-5-11-7-8-16-12(11)9-10/h3,5,7-9H,2H2,1H3. The molecule has 0 spiro atoms. The molecule has 0 atom stereocenters. The summed E-state index contributed by atoms with van der Waals surface area (Å²) in [6.07, 6.45) is 0. The highest BCUT2D eigenvalue weighted by molar-refractivity contribution is 7.17. The van der Waals surface area contributed by atoms with Crippen LogP contribution in [0.2, 0.25) is 0 Å². The summed E-state index contributed by atoms with van der Waals surface area (Å²) < 4.78 is 5.90. The predicted octanol–water partition coefficient (Wildman–Crippen LogP) is 2.82. The molecule has 0 radical (unpaired) electrons. The average Bonchev–Trinajstić information content (AvgIpc) is 2.74. The van der Waals surface area contributed by atoms with Crippen molar-refractivity contribution in [1.82, 2.24) is 0 Å². The van der Waals surface area contributed by atoms with Gasteiger partial charge in [-0.3, -0.25) is 0 Å². The summed E-state index contributed by atoms with van der Waals surface area (Å²) in [6.45, 7) is 2.12. The maximum atomic E-state index is 11.0. The molecule has 0 aliphatic heterocycles. The zero-order valence-corrected chi connectivity index (χ0v) is 9.64. The molecule has 0 fully saturated rings. The van der Waals surface area contributed by atoms with Crippen LogP contribution in [0.1, 0.15) is 12.5 Å². The molecule has 0 amide bonds. The maximum absolute atomic E-state index is 11.0. The largest absolute Gasteiger partial charge is 0.456 e. The number of carbonyl (C=O) groups is 1. The molecule has 80 valence electrons. The highest BCUT2D eigenvalue weighted by Crippen LogP contribution is 2.21. The van der Waals surface area contributed by atoms with Crippen molar-refractivity contribution in [1.29, 1.82) is 0 Å². The molecule has 1 heterocycles. The number of fused-ring (bicyclic) bond motifs is 1. The van der Waals surface area contributed by atoms with Gasteiger partial charge in [-0.1, -0.05) is 12.0 Å². The van der Waals surface area contributed by atoms with Crippen LogP contribution in [0.3, 0.4) is 0 Å². The Morgan fingerprint density at radius 3 is 3.12 bits per heavy atom. The normalized spacial score (nSPS) is 9.56. The molecule has 1 aromatic carbocycles. The van der Waals surface area contributed by atoms with Crippen molar-refractivity contribution in [3.63, 3.8) is 0 Å². The third-order valence-electron chi connectivity index (χ3n) is 2.04. The number of thiophene rings is 1. The Balaban J connectivity index is 2.23. The summed E-state index contributed by atoms with van der Waals surface area (Å²) >= 11 is 1.66. The second kappa shape index (κ2) is 4.82. The third-order valence-corrected chi connectivity index (χ3v) is 2.92. The lowest BCUT2D eigenvalue weighted by atomic mass is 10.2. The first-order valence-corrected chi connectivity index (χ1v) is 5.83. The van der Waals surface area contributed by atoms with Crippen molar-refractivity contribution < 1.29 is 9.53 Å². The van der Waals surface area contributed by atoms with Crippen LogP contribution in [0, 0.1) is 11.8 Å². The fraction of sp³-hybridized carbons (Fsp3) is 0.154. The lowest BCUT2D eigenvalue weighted by molar-refractivity contribution is -0.136. The van der Waals surface area contributed by atoms with Crippen molar-refractivity contribution in [3.8, 4) is 11.8 Å². The molecule has 1 aromatic heterocycles. The molecule has 0 saturated carbocycles. The lowest BCUT2D eigenvalue weighted by Gasteiger charge is -1.92. The Morgan fingerprint density at radius 2 is 2.31 bits per heavy atom. The number of hydrogen-bond acceptors (Lipinski definition) is 3. The Kier molecular flexibility index (Phi) is 3.23. The summed E-state index contributed by atoms with van der Waals surface area (Å²) in [5, 5.41) is 3.24. The molecule has 0 N–H and O–H groups in total. The number of benzene rings is 1. The smallest absolute Gasteiger partial charge is 0.384 e. The Hall–Kier alpha value is -1.79. The average molecular weight is 230 g/mol. The third kappa shape index (κ3) is 2.41. The van der Waals surface area contributed by atoms with Crippen molar-refractivity contribution >= 4 is 27.4 Å². The van der Waals surface area contributed by atoms with E-state index in [-0.39, 0.29) is 0 Å². The van der Waals surface area contributed by atoms with Gasteiger partial charge in [-0.2, -0.15) is 0 Å². The first kappa shape index (κ1) is 10.7. The van der Waals surface area contributed by atoms with Crippen LogP contribution in [-0.4, -0.2) is 12.6 Å². The van der Waals surface area contributed by atoms with Gasteiger partial charge in [0, 0.05) is 16.2 Å². The van der Waals surface area contributed by atoms with Crippen LogP contribution < -0.4 is 0 Å². The summed E-state index contributed by atoms with van der Waals surface area (Å²) in [6, 6.07) is 7.94. The van der Waals surface area contributed by atoms with Crippen LogP contribution >= 0.6 is 11.3 Å². The van der Waals surface area contributed by atoms with Gasteiger partial charge in [0.25, 0.3) is 0 Å². The summed E-state index contributed by atoms with van der Waals surface area (Å²) in [7, 11) is 0. The van der Waals surface area contributed by atoms with Gasteiger partial charge in [-0.15, -0.1) is 11.3 Å². The van der Waals surface area contributed by atoms with E-state index in [1.54, 1.807) is 18.3 Å². The molecular formula is C13H10O2S. The Labute approximate surface area is 97.9 Å². The minimum atomic E-state index is -0.478. The Bertz CT molecular complexity index is 572. The number of hydrogen-bond donors (Lipinski definition) is 0. The van der Waals surface area contributed by atoms with Gasteiger partial charge in [0.05, 0.1) is 6.61 Å². The first-order chi connectivity index (χ1) is 7.79. The van der Waals surface area contributed by atoms with Crippen molar-refractivity contribution in [2.24, 2.45) is 0 Å². The fourth-order valence-electron chi connectivity index (χ4n) is 1.32. The summed E-state index contributed by atoms with van der Waals surface area (Å²) in [4.78, 5) is 11.0. The molecule has 0 aliphatic rings. The van der Waals surface area contributed by atoms with Crippen LogP contribution in [-0.2, 0) is 9.53 Å². The second-order valence-electron chi connectivity index (χ2n) is 3.14. The fourth-order valence-corrected chi connectivity index (χ4v) is 2.15. The monoisotopic (exact) mass is 230 g/mol. The van der Waals surface area contributed by atoms with E-state index in [9.17, 15) is 4.79 Å². The predicted molar refractivity (Wildman–Crippen MR) is 65.3 cm³/mol. The molecule has 0 bridgehead atoms. The molecule has 16 heavy (non-hydrogen) atoms. The number of ether oxygens (including phenoxy) is 1. The molecule has 2 nitrogen and oxygen atoms in total. The number of carbonyl (C=O) groups excluding carboxylic acids is 1. The van der Waals surface area contributed by atoms with Gasteiger partial charge < -0.3 is 4.74 Å².